The van der Waals surface area contributed by atoms with Crippen LogP contribution < -0.4 is 10.5 Å². The van der Waals surface area contributed by atoms with Crippen LogP contribution in [0.5, 0.6) is 6.01 Å². The maximum Gasteiger partial charge on any atom is 0.318 e. The minimum Gasteiger partial charge on any atom is -0.467 e. The largest absolute Gasteiger partial charge is 0.467 e. The van der Waals surface area contributed by atoms with Crippen LogP contribution in [0.1, 0.15) is 45.7 Å². The van der Waals surface area contributed by atoms with Gasteiger partial charge in [-0.1, -0.05) is 20.3 Å². The Morgan fingerprint density at radius 3 is 2.62 bits per heavy atom. The van der Waals surface area contributed by atoms with Crippen molar-refractivity contribution in [2.45, 2.75) is 59.2 Å². The number of aromatic nitrogens is 2. The lowest BCUT2D eigenvalue weighted by Gasteiger charge is -2.17. The number of aliphatic imine (C=N–C) groups is 1. The molecule has 0 spiro atoms. The van der Waals surface area contributed by atoms with E-state index in [1.54, 1.807) is 6.21 Å². The highest BCUT2D eigenvalue weighted by molar-refractivity contribution is 5.68. The van der Waals surface area contributed by atoms with Crippen LogP contribution in [0.25, 0.3) is 0 Å². The zero-order chi connectivity index (χ0) is 18.1. The first-order chi connectivity index (χ1) is 11.5. The SMILES string of the molecule is CC=Nc1c(C)nc(OC)nc1N.CCC(C)C1CCC(CO)O1. The molecule has 0 amide bonds. The van der Waals surface area contributed by atoms with E-state index in [0.29, 0.717) is 29.2 Å². The first-order valence-corrected chi connectivity index (χ1v) is 8.39. The summed E-state index contributed by atoms with van der Waals surface area (Å²) in [5.41, 5.74) is 6.95. The maximum absolute atomic E-state index is 8.81. The number of anilines is 1. The first kappa shape index (κ1) is 20.3. The van der Waals surface area contributed by atoms with Crippen molar-refractivity contribution in [1.29, 1.82) is 0 Å². The van der Waals surface area contributed by atoms with Gasteiger partial charge in [-0.25, -0.2) is 0 Å². The number of nitrogens with two attached hydrogens (primary N) is 1. The van der Waals surface area contributed by atoms with Crippen molar-refractivity contribution >= 4 is 17.7 Å². The molecule has 0 bridgehead atoms. The normalized spacial score (nSPS) is 21.4. The summed E-state index contributed by atoms with van der Waals surface area (Å²) < 4.78 is 10.5. The van der Waals surface area contributed by atoms with Crippen LogP contribution in [0.3, 0.4) is 0 Å². The molecule has 1 aliphatic heterocycles. The number of hydrogen-bond donors (Lipinski definition) is 2. The van der Waals surface area contributed by atoms with Crippen LogP contribution in [0, 0.1) is 12.8 Å². The molecule has 0 saturated carbocycles. The number of hydrogen-bond acceptors (Lipinski definition) is 7. The Hall–Kier alpha value is -1.73. The minimum atomic E-state index is 0.119. The first-order valence-electron chi connectivity index (χ1n) is 8.39. The zero-order valence-electron chi connectivity index (χ0n) is 15.3. The average molecular weight is 338 g/mol. The second kappa shape index (κ2) is 10.2. The smallest absolute Gasteiger partial charge is 0.318 e. The molecule has 2 rings (SSSR count). The van der Waals surface area contributed by atoms with Crippen molar-refractivity contribution in [1.82, 2.24) is 9.97 Å². The highest BCUT2D eigenvalue weighted by Gasteiger charge is 2.27. The van der Waals surface area contributed by atoms with Gasteiger partial charge in [0.2, 0.25) is 0 Å². The standard InChI is InChI=1S/C9H18O2.C8H12N4O/c1-3-7(2)9-5-4-8(6-10)11-9;1-4-10-6-5(2)11-8(13-3)12-7(6)9/h7-10H,3-6H2,1-2H3;4H,1-3H3,(H2,9,11,12). The molecule has 3 atom stereocenters. The Morgan fingerprint density at radius 1 is 1.46 bits per heavy atom. The van der Waals surface area contributed by atoms with E-state index in [-0.39, 0.29) is 18.7 Å². The van der Waals surface area contributed by atoms with Gasteiger partial charge in [-0.15, -0.1) is 0 Å². The molecule has 24 heavy (non-hydrogen) atoms. The van der Waals surface area contributed by atoms with Gasteiger partial charge in [-0.2, -0.15) is 9.97 Å². The Bertz CT molecular complexity index is 514. The van der Waals surface area contributed by atoms with Crippen LogP contribution in [0.15, 0.2) is 4.99 Å². The fraction of sp³-hybridized carbons (Fsp3) is 0.706. The van der Waals surface area contributed by atoms with Gasteiger partial charge in [0.1, 0.15) is 5.69 Å². The molecule has 1 fully saturated rings. The predicted molar refractivity (Wildman–Crippen MR) is 96.0 cm³/mol. The summed E-state index contributed by atoms with van der Waals surface area (Å²) in [5.74, 6) is 0.981. The summed E-state index contributed by atoms with van der Waals surface area (Å²) in [6.07, 6.45) is 5.49. The highest BCUT2D eigenvalue weighted by atomic mass is 16.5. The Balaban J connectivity index is 0.000000243. The van der Waals surface area contributed by atoms with E-state index in [9.17, 15) is 0 Å². The second-order valence-corrected chi connectivity index (χ2v) is 5.86. The van der Waals surface area contributed by atoms with Crippen LogP contribution in [-0.2, 0) is 4.74 Å². The van der Waals surface area contributed by atoms with Crippen LogP contribution in [-0.4, -0.2) is 47.2 Å². The van der Waals surface area contributed by atoms with Crippen LogP contribution >= 0.6 is 0 Å². The van der Waals surface area contributed by atoms with Gasteiger partial charge < -0.3 is 20.3 Å². The van der Waals surface area contributed by atoms with Gasteiger partial charge in [0.15, 0.2) is 5.82 Å². The van der Waals surface area contributed by atoms with Gasteiger partial charge in [0, 0.05) is 6.21 Å². The molecule has 0 aromatic carbocycles. The molecular weight excluding hydrogens is 308 g/mol. The van der Waals surface area contributed by atoms with Gasteiger partial charge >= 0.3 is 6.01 Å². The van der Waals surface area contributed by atoms with Gasteiger partial charge in [0.05, 0.1) is 31.6 Å². The molecule has 1 aliphatic rings. The van der Waals surface area contributed by atoms with Crippen LogP contribution in [0.2, 0.25) is 0 Å². The monoisotopic (exact) mass is 338 g/mol. The average Bonchev–Trinajstić information content (AvgIpc) is 3.07. The fourth-order valence-electron chi connectivity index (χ4n) is 2.49. The molecule has 0 aliphatic carbocycles. The summed E-state index contributed by atoms with van der Waals surface area (Å²) in [6.45, 7) is 8.20. The number of nitrogens with zero attached hydrogens (tertiary/aromatic N) is 3. The summed E-state index contributed by atoms with van der Waals surface area (Å²) >= 11 is 0. The molecule has 3 N–H and O–H groups in total. The number of rotatable bonds is 5. The van der Waals surface area contributed by atoms with E-state index >= 15 is 0 Å². The molecule has 1 saturated heterocycles. The van der Waals surface area contributed by atoms with E-state index in [2.05, 4.69) is 28.8 Å². The summed E-state index contributed by atoms with van der Waals surface area (Å²) in [7, 11) is 1.50. The third-order valence-electron chi connectivity index (χ3n) is 4.13. The molecular formula is C17H30N4O3. The van der Waals surface area contributed by atoms with Crippen molar-refractivity contribution in [2.75, 3.05) is 19.5 Å². The number of methoxy groups -OCH3 is 1. The molecule has 136 valence electrons. The third-order valence-corrected chi connectivity index (χ3v) is 4.13. The summed E-state index contributed by atoms with van der Waals surface area (Å²) in [4.78, 5) is 12.0. The lowest BCUT2D eigenvalue weighted by atomic mass is 9.99. The molecule has 1 aromatic heterocycles. The molecule has 7 heteroatoms. The minimum absolute atomic E-state index is 0.119. The lowest BCUT2D eigenvalue weighted by molar-refractivity contribution is -0.0114. The van der Waals surface area contributed by atoms with Crippen LogP contribution in [0.4, 0.5) is 11.5 Å². The van der Waals surface area contributed by atoms with Gasteiger partial charge in [-0.05, 0) is 32.6 Å². The number of ether oxygens (including phenoxy) is 2. The molecule has 2 heterocycles. The lowest BCUT2D eigenvalue weighted by Crippen LogP contribution is -2.19. The van der Waals surface area contributed by atoms with E-state index in [4.69, 9.17) is 20.3 Å². The summed E-state index contributed by atoms with van der Waals surface area (Å²) in [5, 5.41) is 8.81. The number of aliphatic hydroxyl groups is 1. The summed E-state index contributed by atoms with van der Waals surface area (Å²) in [6, 6.07) is 0.269. The van der Waals surface area contributed by atoms with E-state index in [1.165, 1.54) is 13.5 Å². The Morgan fingerprint density at radius 2 is 2.17 bits per heavy atom. The molecule has 0 radical (unpaired) electrons. The van der Waals surface area contributed by atoms with Crippen molar-refractivity contribution in [3.8, 4) is 6.01 Å². The van der Waals surface area contributed by atoms with Crippen molar-refractivity contribution in [3.05, 3.63) is 5.69 Å². The fourth-order valence-corrected chi connectivity index (χ4v) is 2.49. The molecule has 3 unspecified atom stereocenters. The molecule has 7 nitrogen and oxygen atoms in total. The molecule has 1 aromatic rings. The topological polar surface area (TPSA) is 103 Å². The quantitative estimate of drug-likeness (QED) is 0.800. The van der Waals surface area contributed by atoms with Crippen molar-refractivity contribution in [2.24, 2.45) is 10.9 Å². The Kier molecular flexibility index (Phi) is 8.63. The number of aryl methyl sites for hydroxylation is 1. The third kappa shape index (κ3) is 5.72. The maximum atomic E-state index is 8.81. The predicted octanol–water partition coefficient (Wildman–Crippen LogP) is 2.67. The van der Waals surface area contributed by atoms with E-state index in [1.807, 2.05) is 13.8 Å². The van der Waals surface area contributed by atoms with E-state index in [0.717, 1.165) is 12.8 Å². The van der Waals surface area contributed by atoms with Gasteiger partial charge in [-0.3, -0.25) is 4.99 Å². The van der Waals surface area contributed by atoms with Gasteiger partial charge in [0.25, 0.3) is 0 Å². The zero-order valence-corrected chi connectivity index (χ0v) is 15.3. The number of aliphatic hydroxyl groups excluding tert-OH is 1. The van der Waals surface area contributed by atoms with Crippen molar-refractivity contribution < 1.29 is 14.6 Å². The second-order valence-electron chi connectivity index (χ2n) is 5.86. The van der Waals surface area contributed by atoms with E-state index < -0.39 is 0 Å². The highest BCUT2D eigenvalue weighted by Crippen LogP contribution is 2.26. The van der Waals surface area contributed by atoms with Crippen molar-refractivity contribution in [3.63, 3.8) is 0 Å². The number of nitrogen functional groups attached to an aromatic ring is 1. The Labute approximate surface area is 144 Å².